The molecule has 0 amide bonds. The molecule has 0 unspecified atom stereocenters. The van der Waals surface area contributed by atoms with E-state index >= 15 is 0 Å². The van der Waals surface area contributed by atoms with E-state index in [1.807, 2.05) is 0 Å². The topological polar surface area (TPSA) is 13.1 Å². The second-order valence-electron chi connectivity index (χ2n) is 14.7. The number of furan rings is 1. The van der Waals surface area contributed by atoms with E-state index in [0.29, 0.717) is 0 Å². The Labute approximate surface area is 317 Å². The van der Waals surface area contributed by atoms with E-state index in [2.05, 4.69) is 194 Å². The lowest BCUT2D eigenvalue weighted by molar-refractivity contribution is 0.669. The lowest BCUT2D eigenvalue weighted by atomic mass is 9.85. The van der Waals surface area contributed by atoms with Crippen molar-refractivity contribution in [3.05, 3.63) is 194 Å². The average Bonchev–Trinajstić information content (AvgIpc) is 3.64. The Morgan fingerprint density at radius 3 is 1.33 bits per heavy atom. The van der Waals surface area contributed by atoms with Crippen molar-refractivity contribution < 1.29 is 4.42 Å². The van der Waals surface area contributed by atoms with Gasteiger partial charge in [0.25, 0.3) is 0 Å². The molecule has 0 aliphatic carbocycles. The van der Waals surface area contributed by atoms with Gasteiger partial charge in [0, 0.05) is 10.8 Å². The maximum Gasteiger partial charge on any atom is 0.136 e. The van der Waals surface area contributed by atoms with Crippen molar-refractivity contribution in [1.82, 2.24) is 0 Å². The molecule has 0 bridgehead atoms. The molecule has 0 spiro atoms. The predicted octanol–water partition coefficient (Wildman–Crippen LogP) is 15.5. The van der Waals surface area contributed by atoms with Gasteiger partial charge in [0.1, 0.15) is 11.2 Å². The minimum absolute atomic E-state index is 0.907. The molecule has 0 fully saturated rings. The van der Waals surface area contributed by atoms with Gasteiger partial charge in [-0.1, -0.05) is 164 Å². The second-order valence-corrected chi connectivity index (χ2v) is 14.7. The lowest BCUT2D eigenvalue weighted by Gasteiger charge is -2.18. The SMILES string of the molecule is c1cc(-c2ccc3c4ccccc4c4ccccc4c3c2)cc(-c2c3ccccc3c(-c3ccc4c(c3)oc3ccc5ccccc5c34)c3ccccc23)c1. The third-order valence-corrected chi connectivity index (χ3v) is 11.8. The fourth-order valence-electron chi connectivity index (χ4n) is 9.39. The van der Waals surface area contributed by atoms with Crippen molar-refractivity contribution in [2.24, 2.45) is 0 Å². The van der Waals surface area contributed by atoms with Gasteiger partial charge in [0.2, 0.25) is 0 Å². The van der Waals surface area contributed by atoms with Crippen LogP contribution in [0.15, 0.2) is 199 Å². The maximum atomic E-state index is 6.57. The zero-order valence-electron chi connectivity index (χ0n) is 29.9. The third-order valence-electron chi connectivity index (χ3n) is 11.8. The van der Waals surface area contributed by atoms with Crippen LogP contribution in [0.3, 0.4) is 0 Å². The van der Waals surface area contributed by atoms with Crippen molar-refractivity contribution in [1.29, 1.82) is 0 Å². The Morgan fingerprint density at radius 2 is 0.691 bits per heavy atom. The molecule has 12 rings (SSSR count). The van der Waals surface area contributed by atoms with Crippen molar-refractivity contribution in [3.63, 3.8) is 0 Å². The van der Waals surface area contributed by atoms with Gasteiger partial charge in [-0.2, -0.15) is 0 Å². The fourth-order valence-corrected chi connectivity index (χ4v) is 9.39. The second kappa shape index (κ2) is 11.6. The highest BCUT2D eigenvalue weighted by Crippen LogP contribution is 2.46. The molecule has 0 aliphatic heterocycles. The average molecular weight is 697 g/mol. The lowest BCUT2D eigenvalue weighted by Crippen LogP contribution is -1.91. The van der Waals surface area contributed by atoms with E-state index in [0.717, 1.165) is 22.1 Å². The van der Waals surface area contributed by atoms with Crippen LogP contribution in [0, 0.1) is 0 Å². The van der Waals surface area contributed by atoms with Gasteiger partial charge >= 0.3 is 0 Å². The normalized spacial score (nSPS) is 12.0. The van der Waals surface area contributed by atoms with E-state index in [1.165, 1.54) is 97.8 Å². The quantitative estimate of drug-likeness (QED) is 0.132. The van der Waals surface area contributed by atoms with Gasteiger partial charge in [0.05, 0.1) is 0 Å². The monoisotopic (exact) mass is 696 g/mol. The van der Waals surface area contributed by atoms with Crippen LogP contribution in [0.5, 0.6) is 0 Å². The molecule has 12 aromatic rings. The van der Waals surface area contributed by atoms with Crippen molar-refractivity contribution in [2.45, 2.75) is 0 Å². The molecule has 1 aromatic heterocycles. The number of benzene rings is 11. The summed E-state index contributed by atoms with van der Waals surface area (Å²) in [7, 11) is 0. The Kier molecular flexibility index (Phi) is 6.40. The van der Waals surface area contributed by atoms with Crippen molar-refractivity contribution >= 4 is 86.6 Å². The van der Waals surface area contributed by atoms with Gasteiger partial charge in [-0.05, 0) is 128 Å². The molecule has 0 aliphatic rings. The molecule has 1 heteroatoms. The van der Waals surface area contributed by atoms with Crippen LogP contribution < -0.4 is 0 Å². The minimum Gasteiger partial charge on any atom is -0.456 e. The highest BCUT2D eigenvalue weighted by Gasteiger charge is 2.19. The van der Waals surface area contributed by atoms with Crippen LogP contribution in [0.2, 0.25) is 0 Å². The van der Waals surface area contributed by atoms with Gasteiger partial charge in [-0.15, -0.1) is 0 Å². The number of rotatable bonds is 3. The summed E-state index contributed by atoms with van der Waals surface area (Å²) >= 11 is 0. The number of hydrogen-bond acceptors (Lipinski definition) is 1. The van der Waals surface area contributed by atoms with E-state index in [4.69, 9.17) is 4.42 Å². The van der Waals surface area contributed by atoms with Crippen LogP contribution in [0.25, 0.3) is 120 Å². The first kappa shape index (κ1) is 30.3. The maximum absolute atomic E-state index is 6.57. The Hall–Kier alpha value is -7.22. The molecule has 0 atom stereocenters. The first-order chi connectivity index (χ1) is 27.3. The fraction of sp³-hybridized carbons (Fsp3) is 0. The van der Waals surface area contributed by atoms with E-state index in [-0.39, 0.29) is 0 Å². The molecular formula is C54H32O. The summed E-state index contributed by atoms with van der Waals surface area (Å²) in [5.74, 6) is 0. The first-order valence-corrected chi connectivity index (χ1v) is 19.0. The predicted molar refractivity (Wildman–Crippen MR) is 235 cm³/mol. The molecule has 1 nitrogen and oxygen atoms in total. The molecule has 11 aromatic carbocycles. The van der Waals surface area contributed by atoms with Crippen LogP contribution >= 0.6 is 0 Å². The summed E-state index contributed by atoms with van der Waals surface area (Å²) in [6.07, 6.45) is 0. The van der Waals surface area contributed by atoms with Crippen LogP contribution in [-0.2, 0) is 0 Å². The summed E-state index contributed by atoms with van der Waals surface area (Å²) in [6.45, 7) is 0. The number of hydrogen-bond donors (Lipinski definition) is 0. The molecule has 0 radical (unpaired) electrons. The van der Waals surface area contributed by atoms with E-state index < -0.39 is 0 Å². The van der Waals surface area contributed by atoms with Crippen LogP contribution in [0.1, 0.15) is 0 Å². The van der Waals surface area contributed by atoms with E-state index in [1.54, 1.807) is 0 Å². The highest BCUT2D eigenvalue weighted by atomic mass is 16.3. The molecule has 0 saturated carbocycles. The zero-order valence-corrected chi connectivity index (χ0v) is 29.9. The summed E-state index contributed by atoms with van der Waals surface area (Å²) in [4.78, 5) is 0. The summed E-state index contributed by atoms with van der Waals surface area (Å²) in [6, 6.07) is 71.1. The van der Waals surface area contributed by atoms with Gasteiger partial charge < -0.3 is 4.42 Å². The van der Waals surface area contributed by atoms with Gasteiger partial charge in [-0.25, -0.2) is 0 Å². The molecule has 254 valence electrons. The Bertz CT molecular complexity index is 3460. The summed E-state index contributed by atoms with van der Waals surface area (Å²) in [5.41, 5.74) is 9.09. The molecular weight excluding hydrogens is 665 g/mol. The Balaban J connectivity index is 1.06. The minimum atomic E-state index is 0.907. The molecule has 0 saturated heterocycles. The largest absolute Gasteiger partial charge is 0.456 e. The highest BCUT2D eigenvalue weighted by molar-refractivity contribution is 6.26. The molecule has 55 heavy (non-hydrogen) atoms. The molecule has 1 heterocycles. The van der Waals surface area contributed by atoms with Crippen molar-refractivity contribution in [3.8, 4) is 33.4 Å². The molecule has 0 N–H and O–H groups in total. The van der Waals surface area contributed by atoms with Gasteiger partial charge in [0.15, 0.2) is 0 Å². The number of fused-ring (bicyclic) bond motifs is 13. The summed E-state index contributed by atoms with van der Waals surface area (Å²) in [5, 5.41) is 17.4. The van der Waals surface area contributed by atoms with Crippen LogP contribution in [-0.4, -0.2) is 0 Å². The standard InChI is InChI=1S/C54H32O/c1-2-15-38-33(12-1)26-29-50-54(38)48-28-25-37(32-51(48)55-50)53-46-22-9-7-20-44(46)52(45-21-8-10-23-47(45)53)36-14-11-13-34(30-36)35-24-27-43-41-18-4-3-16-39(41)40-17-5-6-19-42(40)49(43)31-35/h1-32H. The van der Waals surface area contributed by atoms with E-state index in [9.17, 15) is 0 Å². The zero-order chi connectivity index (χ0) is 36.0. The Morgan fingerprint density at radius 1 is 0.236 bits per heavy atom. The third kappa shape index (κ3) is 4.48. The van der Waals surface area contributed by atoms with Gasteiger partial charge in [-0.3, -0.25) is 0 Å². The van der Waals surface area contributed by atoms with Crippen LogP contribution in [0.4, 0.5) is 0 Å². The summed E-state index contributed by atoms with van der Waals surface area (Å²) < 4.78 is 6.57. The first-order valence-electron chi connectivity index (χ1n) is 19.0. The smallest absolute Gasteiger partial charge is 0.136 e. The van der Waals surface area contributed by atoms with Crippen molar-refractivity contribution in [2.75, 3.05) is 0 Å².